The molecule has 1 heterocycles. The molecule has 10 rings (SSSR count). The van der Waals surface area contributed by atoms with Crippen molar-refractivity contribution in [2.24, 2.45) is 0 Å². The number of nitrogens with zero attached hydrogens (tertiary/aromatic N) is 1. The minimum Gasteiger partial charge on any atom is -0.309 e. The summed E-state index contributed by atoms with van der Waals surface area (Å²) in [5, 5.41) is 5.18. The molecule has 194 valence electrons. The van der Waals surface area contributed by atoms with Crippen molar-refractivity contribution in [2.75, 3.05) is 0 Å². The van der Waals surface area contributed by atoms with E-state index in [0.29, 0.717) is 0 Å². The zero-order valence-corrected chi connectivity index (χ0v) is 22.9. The second-order valence-electron chi connectivity index (χ2n) is 11.7. The van der Waals surface area contributed by atoms with Gasteiger partial charge in [-0.05, 0) is 79.5 Å². The molecule has 0 fully saturated rings. The lowest BCUT2D eigenvalue weighted by Gasteiger charge is -2.31. The van der Waals surface area contributed by atoms with Crippen LogP contribution in [0.5, 0.6) is 0 Å². The third-order valence-electron chi connectivity index (χ3n) is 9.80. The van der Waals surface area contributed by atoms with Crippen molar-refractivity contribution >= 4 is 32.6 Å². The van der Waals surface area contributed by atoms with Crippen LogP contribution in [0.25, 0.3) is 60.5 Å². The Morgan fingerprint density at radius 1 is 0.381 bits per heavy atom. The summed E-state index contributed by atoms with van der Waals surface area (Å²) in [6.07, 6.45) is 0. The Balaban J connectivity index is 1.36. The monoisotopic (exact) mass is 531 g/mol. The summed E-state index contributed by atoms with van der Waals surface area (Å²) < 4.78 is 2.45. The van der Waals surface area contributed by atoms with E-state index >= 15 is 0 Å². The van der Waals surface area contributed by atoms with E-state index in [2.05, 4.69) is 156 Å². The second-order valence-corrected chi connectivity index (χ2v) is 11.7. The van der Waals surface area contributed by atoms with E-state index in [-0.39, 0.29) is 5.41 Å². The first-order chi connectivity index (χ1) is 20.9. The highest BCUT2D eigenvalue weighted by molar-refractivity contribution is 6.10. The maximum Gasteiger partial charge on any atom is 0.0726 e. The normalized spacial score (nSPS) is 16.2. The maximum absolute atomic E-state index is 2.48. The molecule has 1 unspecified atom stereocenters. The molecule has 1 aromatic heterocycles. The van der Waals surface area contributed by atoms with Gasteiger partial charge < -0.3 is 4.57 Å². The molecule has 0 saturated carbocycles. The number of fused-ring (bicyclic) bond motifs is 15. The van der Waals surface area contributed by atoms with E-state index in [9.17, 15) is 0 Å². The molecule has 42 heavy (non-hydrogen) atoms. The van der Waals surface area contributed by atoms with Crippen molar-refractivity contribution in [3.05, 3.63) is 174 Å². The van der Waals surface area contributed by atoms with Crippen LogP contribution in [-0.2, 0) is 5.41 Å². The van der Waals surface area contributed by atoms with Crippen LogP contribution in [0.4, 0.5) is 0 Å². The Kier molecular flexibility index (Phi) is 4.18. The molecule has 8 aromatic rings. The minimum atomic E-state index is -0.378. The summed E-state index contributed by atoms with van der Waals surface area (Å²) in [5.41, 5.74) is 14.2. The number of rotatable bonds is 1. The number of hydrogen-bond donors (Lipinski definition) is 0. The van der Waals surface area contributed by atoms with Gasteiger partial charge in [0.2, 0.25) is 0 Å². The number of benzene rings is 7. The molecule has 0 N–H and O–H groups in total. The Bertz CT molecular complexity index is 2370. The first-order valence-electron chi connectivity index (χ1n) is 14.7. The molecular formula is C41H25N. The van der Waals surface area contributed by atoms with Crippen LogP contribution in [0.3, 0.4) is 0 Å². The molecule has 2 aliphatic carbocycles. The fraction of sp³-hybridized carbons (Fsp3) is 0.0244. The first kappa shape index (κ1) is 22.3. The highest BCUT2D eigenvalue weighted by Gasteiger charge is 2.52. The number of aromatic nitrogens is 1. The average Bonchev–Trinajstić information content (AvgIpc) is 3.66. The predicted octanol–water partition coefficient (Wildman–Crippen LogP) is 10.3. The molecule has 0 amide bonds. The fourth-order valence-corrected chi connectivity index (χ4v) is 8.23. The van der Waals surface area contributed by atoms with Crippen LogP contribution in [0, 0.1) is 0 Å². The van der Waals surface area contributed by atoms with Gasteiger partial charge in [-0.3, -0.25) is 0 Å². The SMILES string of the molecule is c1ccc2c(c1)-c1ccc(-n3c4ccccc4c4ccccc43)cc1C21c2ccccc2-c2c1ccc1ccccc21. The van der Waals surface area contributed by atoms with Gasteiger partial charge in [0, 0.05) is 16.5 Å². The van der Waals surface area contributed by atoms with Crippen molar-refractivity contribution in [1.29, 1.82) is 0 Å². The van der Waals surface area contributed by atoms with Crippen molar-refractivity contribution in [2.45, 2.75) is 5.41 Å². The number of para-hydroxylation sites is 2. The van der Waals surface area contributed by atoms with Gasteiger partial charge in [-0.15, -0.1) is 0 Å². The predicted molar refractivity (Wildman–Crippen MR) is 175 cm³/mol. The smallest absolute Gasteiger partial charge is 0.0726 e. The van der Waals surface area contributed by atoms with Crippen molar-refractivity contribution in [1.82, 2.24) is 4.57 Å². The van der Waals surface area contributed by atoms with Crippen molar-refractivity contribution < 1.29 is 0 Å². The van der Waals surface area contributed by atoms with Crippen molar-refractivity contribution in [3.8, 4) is 27.9 Å². The van der Waals surface area contributed by atoms with E-state index in [0.717, 1.165) is 0 Å². The van der Waals surface area contributed by atoms with Gasteiger partial charge >= 0.3 is 0 Å². The summed E-state index contributed by atoms with van der Waals surface area (Å²) in [5.74, 6) is 0. The lowest BCUT2D eigenvalue weighted by Crippen LogP contribution is -2.26. The Hall–Kier alpha value is -5.40. The third-order valence-corrected chi connectivity index (χ3v) is 9.80. The van der Waals surface area contributed by atoms with Gasteiger partial charge in [0.15, 0.2) is 0 Å². The summed E-state index contributed by atoms with van der Waals surface area (Å²) in [7, 11) is 0. The average molecular weight is 532 g/mol. The zero-order valence-electron chi connectivity index (χ0n) is 22.9. The maximum atomic E-state index is 2.48. The van der Waals surface area contributed by atoms with Crippen LogP contribution in [-0.4, -0.2) is 4.57 Å². The van der Waals surface area contributed by atoms with Crippen LogP contribution in [0.1, 0.15) is 22.3 Å². The molecule has 1 heteroatoms. The fourth-order valence-electron chi connectivity index (χ4n) is 8.23. The summed E-state index contributed by atoms with van der Waals surface area (Å²) in [4.78, 5) is 0. The van der Waals surface area contributed by atoms with Crippen LogP contribution in [0.15, 0.2) is 152 Å². The highest BCUT2D eigenvalue weighted by Crippen LogP contribution is 2.63. The van der Waals surface area contributed by atoms with Gasteiger partial charge in [0.1, 0.15) is 0 Å². The largest absolute Gasteiger partial charge is 0.309 e. The first-order valence-corrected chi connectivity index (χ1v) is 14.7. The second kappa shape index (κ2) is 7.87. The Labute approximate surface area is 243 Å². The lowest BCUT2D eigenvalue weighted by molar-refractivity contribution is 0.793. The third kappa shape index (κ3) is 2.56. The summed E-state index contributed by atoms with van der Waals surface area (Å²) in [6, 6.07) is 56.5. The lowest BCUT2D eigenvalue weighted by atomic mass is 9.70. The van der Waals surface area contributed by atoms with Gasteiger partial charge in [0.05, 0.1) is 16.4 Å². The highest BCUT2D eigenvalue weighted by atomic mass is 15.0. The van der Waals surface area contributed by atoms with Gasteiger partial charge in [0.25, 0.3) is 0 Å². The molecule has 0 aliphatic heterocycles. The van der Waals surface area contributed by atoms with Crippen LogP contribution in [0.2, 0.25) is 0 Å². The van der Waals surface area contributed by atoms with Crippen LogP contribution < -0.4 is 0 Å². The minimum absolute atomic E-state index is 0.378. The van der Waals surface area contributed by atoms with E-state index in [4.69, 9.17) is 0 Å². The molecule has 0 saturated heterocycles. The number of hydrogen-bond acceptors (Lipinski definition) is 0. The Morgan fingerprint density at radius 3 is 1.71 bits per heavy atom. The molecule has 0 radical (unpaired) electrons. The van der Waals surface area contributed by atoms with Gasteiger partial charge in [-0.2, -0.15) is 0 Å². The molecule has 1 atom stereocenters. The van der Waals surface area contributed by atoms with Crippen molar-refractivity contribution in [3.63, 3.8) is 0 Å². The zero-order chi connectivity index (χ0) is 27.4. The topological polar surface area (TPSA) is 4.93 Å². The molecular weight excluding hydrogens is 506 g/mol. The molecule has 1 spiro atoms. The van der Waals surface area contributed by atoms with E-state index in [1.165, 1.54) is 82.8 Å². The Morgan fingerprint density at radius 2 is 0.952 bits per heavy atom. The molecule has 0 bridgehead atoms. The molecule has 2 aliphatic rings. The van der Waals surface area contributed by atoms with E-state index in [1.54, 1.807) is 0 Å². The molecule has 1 nitrogen and oxygen atoms in total. The standard InChI is InChI=1S/C41H25N/c1-2-12-28-26(11-1)21-24-36-40(28)33-16-4-8-18-35(33)41(36)34-17-7-3-13-29(34)30-23-22-27(25-37(30)41)42-38-19-9-5-14-31(38)32-15-6-10-20-39(32)42/h1-25H. The van der Waals surface area contributed by atoms with E-state index in [1.807, 2.05) is 0 Å². The quantitative estimate of drug-likeness (QED) is 0.199. The summed E-state index contributed by atoms with van der Waals surface area (Å²) in [6.45, 7) is 0. The summed E-state index contributed by atoms with van der Waals surface area (Å²) >= 11 is 0. The van der Waals surface area contributed by atoms with E-state index < -0.39 is 0 Å². The molecule has 7 aromatic carbocycles. The van der Waals surface area contributed by atoms with Gasteiger partial charge in [-0.1, -0.05) is 127 Å². The van der Waals surface area contributed by atoms with Crippen LogP contribution >= 0.6 is 0 Å². The van der Waals surface area contributed by atoms with Gasteiger partial charge in [-0.25, -0.2) is 0 Å².